The van der Waals surface area contributed by atoms with Gasteiger partial charge >= 0.3 is 0 Å². The summed E-state index contributed by atoms with van der Waals surface area (Å²) in [5.41, 5.74) is 0.467. The number of nitrogens with one attached hydrogen (secondary N) is 2. The van der Waals surface area contributed by atoms with Crippen molar-refractivity contribution in [3.63, 3.8) is 0 Å². The van der Waals surface area contributed by atoms with Gasteiger partial charge in [0.15, 0.2) is 28.4 Å². The van der Waals surface area contributed by atoms with Gasteiger partial charge in [0.05, 0.1) is 5.02 Å². The van der Waals surface area contributed by atoms with Crippen LogP contribution in [0.3, 0.4) is 0 Å². The van der Waals surface area contributed by atoms with Crippen LogP contribution in [0.25, 0.3) is 10.1 Å². The van der Waals surface area contributed by atoms with E-state index < -0.39 is 40.7 Å². The van der Waals surface area contributed by atoms with E-state index in [9.17, 15) is 26.7 Å². The summed E-state index contributed by atoms with van der Waals surface area (Å²) >= 11 is 12.9. The fourth-order valence-corrected chi connectivity index (χ4v) is 5.92. The maximum Gasteiger partial charge on any atom is 0.269 e. The normalized spacial score (nSPS) is 13.6. The first-order valence-electron chi connectivity index (χ1n) is 11.6. The van der Waals surface area contributed by atoms with E-state index in [1.54, 1.807) is 24.3 Å². The highest BCUT2D eigenvalue weighted by molar-refractivity contribution is 7.80. The maximum atomic E-state index is 14.2. The van der Waals surface area contributed by atoms with Gasteiger partial charge < -0.3 is 15.1 Å². The van der Waals surface area contributed by atoms with Crippen LogP contribution in [0.2, 0.25) is 5.02 Å². The minimum Gasteiger partial charge on any atom is -0.368 e. The summed E-state index contributed by atoms with van der Waals surface area (Å²) in [6.45, 7) is 0.677. The highest BCUT2D eigenvalue weighted by atomic mass is 35.5. The van der Waals surface area contributed by atoms with E-state index in [2.05, 4.69) is 10.6 Å². The van der Waals surface area contributed by atoms with Gasteiger partial charge in [0.25, 0.3) is 5.91 Å². The zero-order valence-electron chi connectivity index (χ0n) is 19.8. The van der Waals surface area contributed by atoms with E-state index in [0.717, 1.165) is 20.7 Å². The standard InChI is InChI=1S/C26H18ClF5N4OS2/c27-17-15-3-1-2-4-16(15)39-24(17)25(37)34-26(38)33-13-5-7-14(8-6-13)35-9-11-36(12-10-35)23-21(31)19(29)18(28)20(30)22(23)32/h1-8H,9-12H2,(H2,33,34,37,38). The third-order valence-electron chi connectivity index (χ3n) is 6.24. The number of hydrogen-bond acceptors (Lipinski definition) is 5. The second kappa shape index (κ2) is 10.9. The van der Waals surface area contributed by atoms with Crippen molar-refractivity contribution in [1.29, 1.82) is 0 Å². The molecule has 1 aromatic heterocycles. The Morgan fingerprint density at radius 1 is 0.821 bits per heavy atom. The molecule has 5 rings (SSSR count). The molecule has 0 saturated carbocycles. The van der Waals surface area contributed by atoms with Gasteiger partial charge in [0.2, 0.25) is 5.82 Å². The molecule has 0 radical (unpaired) electrons. The number of carbonyl (C=O) groups is 1. The molecule has 0 bridgehead atoms. The predicted octanol–water partition coefficient (Wildman–Crippen LogP) is 6.70. The van der Waals surface area contributed by atoms with Gasteiger partial charge in [0.1, 0.15) is 10.6 Å². The van der Waals surface area contributed by atoms with Crippen LogP contribution in [0.5, 0.6) is 0 Å². The van der Waals surface area contributed by atoms with Crippen LogP contribution in [0.4, 0.5) is 39.0 Å². The van der Waals surface area contributed by atoms with E-state index in [0.29, 0.717) is 15.6 Å². The molecular formula is C26H18ClF5N4OS2. The Bertz CT molecular complexity index is 1560. The molecule has 4 aromatic rings. The monoisotopic (exact) mass is 596 g/mol. The number of fused-ring (bicyclic) bond motifs is 1. The Kier molecular flexibility index (Phi) is 7.61. The minimum absolute atomic E-state index is 0.0504. The van der Waals surface area contributed by atoms with Crippen molar-refractivity contribution in [2.45, 2.75) is 0 Å². The van der Waals surface area contributed by atoms with E-state index in [1.807, 2.05) is 29.2 Å². The lowest BCUT2D eigenvalue weighted by Crippen LogP contribution is -2.47. The van der Waals surface area contributed by atoms with Crippen LogP contribution in [0.1, 0.15) is 9.67 Å². The van der Waals surface area contributed by atoms with Crippen molar-refractivity contribution in [1.82, 2.24) is 5.32 Å². The summed E-state index contributed by atoms with van der Waals surface area (Å²) in [5, 5.41) is 6.78. The molecule has 13 heteroatoms. The quantitative estimate of drug-likeness (QED) is 0.119. The molecule has 1 fully saturated rings. The van der Waals surface area contributed by atoms with Crippen LogP contribution in [-0.4, -0.2) is 37.2 Å². The minimum atomic E-state index is -2.18. The zero-order valence-corrected chi connectivity index (χ0v) is 22.2. The summed E-state index contributed by atoms with van der Waals surface area (Å²) in [6, 6.07) is 14.4. The Morgan fingerprint density at radius 3 is 2.00 bits per heavy atom. The summed E-state index contributed by atoms with van der Waals surface area (Å²) in [4.78, 5) is 16.1. The highest BCUT2D eigenvalue weighted by Gasteiger charge is 2.30. The first kappa shape index (κ1) is 27.1. The molecule has 1 amide bonds. The number of amides is 1. The van der Waals surface area contributed by atoms with Crippen LogP contribution >= 0.6 is 35.2 Å². The van der Waals surface area contributed by atoms with E-state index in [1.165, 1.54) is 11.3 Å². The van der Waals surface area contributed by atoms with E-state index in [-0.39, 0.29) is 31.3 Å². The lowest BCUT2D eigenvalue weighted by Gasteiger charge is -2.37. The number of piperazine rings is 1. The van der Waals surface area contributed by atoms with Gasteiger partial charge in [-0.1, -0.05) is 29.8 Å². The topological polar surface area (TPSA) is 47.6 Å². The number of thiophene rings is 1. The van der Waals surface area contributed by atoms with Crippen molar-refractivity contribution in [2.24, 2.45) is 0 Å². The Labute approximate surface area is 233 Å². The predicted molar refractivity (Wildman–Crippen MR) is 148 cm³/mol. The molecular weight excluding hydrogens is 579 g/mol. The van der Waals surface area contributed by atoms with Crippen LogP contribution < -0.4 is 20.4 Å². The number of nitrogens with zero attached hydrogens (tertiary/aromatic N) is 2. The molecule has 0 aliphatic carbocycles. The summed E-state index contributed by atoms with van der Waals surface area (Å²) in [5.74, 6) is -10.2. The molecule has 2 N–H and O–H groups in total. The van der Waals surface area contributed by atoms with Gasteiger partial charge in [-0.2, -0.15) is 0 Å². The van der Waals surface area contributed by atoms with Gasteiger partial charge in [-0.25, -0.2) is 22.0 Å². The van der Waals surface area contributed by atoms with Crippen molar-refractivity contribution in [3.8, 4) is 0 Å². The highest BCUT2D eigenvalue weighted by Crippen LogP contribution is 2.35. The van der Waals surface area contributed by atoms with E-state index >= 15 is 0 Å². The fourth-order valence-electron chi connectivity index (χ4n) is 4.30. The lowest BCUT2D eigenvalue weighted by atomic mass is 10.2. The molecule has 2 heterocycles. The molecule has 0 spiro atoms. The zero-order chi connectivity index (χ0) is 27.8. The summed E-state index contributed by atoms with van der Waals surface area (Å²) in [7, 11) is 0. The number of carbonyl (C=O) groups excluding carboxylic acids is 1. The molecule has 39 heavy (non-hydrogen) atoms. The Balaban J connectivity index is 1.19. The third kappa shape index (κ3) is 5.23. The SMILES string of the molecule is O=C(NC(=S)Nc1ccc(N2CCN(c3c(F)c(F)c(F)c(F)c3F)CC2)cc1)c1sc2ccccc2c1Cl. The van der Waals surface area contributed by atoms with Crippen LogP contribution in [0, 0.1) is 29.1 Å². The molecule has 5 nitrogen and oxygen atoms in total. The molecule has 0 atom stereocenters. The second-order valence-corrected chi connectivity index (χ2v) is 10.4. The number of hydrogen-bond donors (Lipinski definition) is 2. The number of thiocarbonyl (C=S) groups is 1. The molecule has 3 aromatic carbocycles. The van der Waals surface area contributed by atoms with Gasteiger partial charge in [-0.3, -0.25) is 10.1 Å². The number of anilines is 3. The fraction of sp³-hybridized carbons (Fsp3) is 0.154. The van der Waals surface area contributed by atoms with Crippen molar-refractivity contribution < 1.29 is 26.7 Å². The van der Waals surface area contributed by atoms with Crippen molar-refractivity contribution in [3.05, 3.63) is 87.5 Å². The molecule has 1 saturated heterocycles. The molecule has 0 unspecified atom stereocenters. The average molecular weight is 597 g/mol. The van der Waals surface area contributed by atoms with Crippen molar-refractivity contribution >= 4 is 73.3 Å². The smallest absolute Gasteiger partial charge is 0.269 e. The average Bonchev–Trinajstić information content (AvgIpc) is 3.28. The number of benzene rings is 3. The number of rotatable bonds is 4. The van der Waals surface area contributed by atoms with Crippen molar-refractivity contribution in [2.75, 3.05) is 41.3 Å². The lowest BCUT2D eigenvalue weighted by molar-refractivity contribution is 0.0982. The van der Waals surface area contributed by atoms with Gasteiger partial charge in [0, 0.05) is 47.6 Å². The molecule has 1 aliphatic heterocycles. The second-order valence-electron chi connectivity index (χ2n) is 8.59. The third-order valence-corrected chi connectivity index (χ3v) is 8.12. The first-order valence-corrected chi connectivity index (χ1v) is 13.2. The first-order chi connectivity index (χ1) is 18.7. The maximum absolute atomic E-state index is 14.2. The van der Waals surface area contributed by atoms with Crippen LogP contribution in [0.15, 0.2) is 48.5 Å². The Morgan fingerprint density at radius 2 is 1.38 bits per heavy atom. The summed E-state index contributed by atoms with van der Waals surface area (Å²) < 4.78 is 69.8. The molecule has 202 valence electrons. The van der Waals surface area contributed by atoms with E-state index in [4.69, 9.17) is 23.8 Å². The largest absolute Gasteiger partial charge is 0.368 e. The number of halogens is 6. The Hall–Kier alpha value is -3.48. The van der Waals surface area contributed by atoms with Gasteiger partial charge in [-0.05, 0) is 42.5 Å². The van der Waals surface area contributed by atoms with Crippen LogP contribution in [-0.2, 0) is 0 Å². The van der Waals surface area contributed by atoms with Gasteiger partial charge in [-0.15, -0.1) is 11.3 Å². The molecule has 1 aliphatic rings. The summed E-state index contributed by atoms with van der Waals surface area (Å²) in [6.07, 6.45) is 0.